The maximum absolute atomic E-state index is 12.1. The van der Waals surface area contributed by atoms with Gasteiger partial charge in [0, 0.05) is 18.0 Å². The number of nitrogens with one attached hydrogen (secondary N) is 3. The number of urea groups is 1. The van der Waals surface area contributed by atoms with Crippen molar-refractivity contribution in [3.63, 3.8) is 0 Å². The number of amides is 2. The van der Waals surface area contributed by atoms with Gasteiger partial charge in [-0.15, -0.1) is 0 Å². The third kappa shape index (κ3) is 4.84. The maximum Gasteiger partial charge on any atom is 0.360 e. The van der Waals surface area contributed by atoms with Crippen molar-refractivity contribution < 1.29 is 29.5 Å². The number of fused-ring (bicyclic) bond motifs is 1. The number of imidazole rings is 1. The van der Waals surface area contributed by atoms with Crippen LogP contribution in [0.3, 0.4) is 0 Å². The number of benzene rings is 2. The van der Waals surface area contributed by atoms with E-state index in [2.05, 4.69) is 25.6 Å². The van der Waals surface area contributed by atoms with Crippen LogP contribution in [0.4, 0.5) is 16.2 Å². The molecule has 0 spiro atoms. The average Bonchev–Trinajstić information content (AvgIpc) is 3.30. The van der Waals surface area contributed by atoms with Gasteiger partial charge in [0.2, 0.25) is 5.69 Å². The molecule has 2 aromatic carbocycles. The van der Waals surface area contributed by atoms with E-state index in [0.717, 1.165) is 6.07 Å². The Labute approximate surface area is 199 Å². The van der Waals surface area contributed by atoms with Crippen LogP contribution in [-0.4, -0.2) is 52.6 Å². The first kappa shape index (κ1) is 23.6. The second kappa shape index (κ2) is 9.34. The number of carbonyl (C=O) groups is 3. The normalized spacial score (nSPS) is 10.7. The predicted molar refractivity (Wildman–Crippen MR) is 122 cm³/mol. The number of anilines is 1. The van der Waals surface area contributed by atoms with Gasteiger partial charge in [0.15, 0.2) is 0 Å². The van der Waals surface area contributed by atoms with E-state index in [0.29, 0.717) is 11.4 Å². The summed E-state index contributed by atoms with van der Waals surface area (Å²) in [5.74, 6) is -2.65. The fourth-order valence-electron chi connectivity index (χ4n) is 3.24. The van der Waals surface area contributed by atoms with Crippen molar-refractivity contribution in [1.82, 2.24) is 24.8 Å². The summed E-state index contributed by atoms with van der Waals surface area (Å²) in [5, 5.41) is 34.7. The SMILES string of the molecule is O=C(NCc1cn(-c2cc3nc(C(=O)O)c(=O)[nH]c3cc2[N+](=O)[O-])cn1)Nc1ccc(C(=O)O)cc1. The van der Waals surface area contributed by atoms with Crippen molar-refractivity contribution >= 4 is 40.4 Å². The topological polar surface area (TPSA) is 222 Å². The quantitative estimate of drug-likeness (QED) is 0.185. The Morgan fingerprint density at radius 3 is 2.47 bits per heavy atom. The molecule has 4 rings (SSSR count). The first-order chi connectivity index (χ1) is 17.1. The van der Waals surface area contributed by atoms with E-state index < -0.39 is 39.8 Å². The minimum Gasteiger partial charge on any atom is -0.478 e. The summed E-state index contributed by atoms with van der Waals surface area (Å²) in [6.07, 6.45) is 2.68. The van der Waals surface area contributed by atoms with Gasteiger partial charge in [-0.25, -0.2) is 24.4 Å². The molecule has 2 amide bonds. The molecule has 0 radical (unpaired) electrons. The van der Waals surface area contributed by atoms with E-state index in [1.165, 1.54) is 47.4 Å². The Morgan fingerprint density at radius 1 is 1.11 bits per heavy atom. The molecule has 0 saturated heterocycles. The van der Waals surface area contributed by atoms with Gasteiger partial charge >= 0.3 is 18.0 Å². The van der Waals surface area contributed by atoms with Crippen LogP contribution in [0.2, 0.25) is 0 Å². The standard InChI is InChI=1S/C21H15N7O8/c29-18-17(20(32)33)25-13-5-15(16(28(35)36)6-14(13)26-18)27-8-12(23-9-27)7-22-21(34)24-11-3-1-10(2-4-11)19(30)31/h1-6,8-9H,7H2,(H,26,29)(H,30,31)(H,32,33)(H2,22,24,34). The fraction of sp³-hybridized carbons (Fsp3) is 0.0476. The molecule has 2 heterocycles. The third-order valence-corrected chi connectivity index (χ3v) is 4.92. The highest BCUT2D eigenvalue weighted by Crippen LogP contribution is 2.27. The number of nitro groups is 1. The van der Waals surface area contributed by atoms with Gasteiger partial charge in [-0.1, -0.05) is 0 Å². The molecule has 4 aromatic rings. The molecule has 36 heavy (non-hydrogen) atoms. The van der Waals surface area contributed by atoms with Crippen molar-refractivity contribution in [1.29, 1.82) is 0 Å². The number of rotatable bonds is 7. The van der Waals surface area contributed by atoms with E-state index in [9.17, 15) is 29.3 Å². The lowest BCUT2D eigenvalue weighted by molar-refractivity contribution is -0.384. The summed E-state index contributed by atoms with van der Waals surface area (Å²) >= 11 is 0. The molecule has 0 aliphatic carbocycles. The zero-order chi connectivity index (χ0) is 26.0. The van der Waals surface area contributed by atoms with Crippen molar-refractivity contribution in [3.8, 4) is 5.69 Å². The lowest BCUT2D eigenvalue weighted by Crippen LogP contribution is -2.28. The van der Waals surface area contributed by atoms with Crippen molar-refractivity contribution in [2.24, 2.45) is 0 Å². The van der Waals surface area contributed by atoms with Gasteiger partial charge in [-0.2, -0.15) is 0 Å². The Bertz CT molecular complexity index is 1590. The van der Waals surface area contributed by atoms with Gasteiger partial charge < -0.3 is 25.8 Å². The minimum absolute atomic E-state index is 0.00473. The molecule has 0 aliphatic rings. The highest BCUT2D eigenvalue weighted by atomic mass is 16.6. The van der Waals surface area contributed by atoms with Crippen LogP contribution in [0.5, 0.6) is 0 Å². The number of nitrogens with zero attached hydrogens (tertiary/aromatic N) is 4. The summed E-state index contributed by atoms with van der Waals surface area (Å²) < 4.78 is 1.30. The fourth-order valence-corrected chi connectivity index (χ4v) is 3.24. The molecular formula is C21H15N7O8. The Kier molecular flexibility index (Phi) is 6.11. The largest absolute Gasteiger partial charge is 0.478 e. The summed E-state index contributed by atoms with van der Waals surface area (Å²) in [5.41, 5.74) is -1.40. The second-order valence-corrected chi connectivity index (χ2v) is 7.30. The van der Waals surface area contributed by atoms with E-state index in [1.54, 1.807) is 0 Å². The summed E-state index contributed by atoms with van der Waals surface area (Å²) in [7, 11) is 0. The van der Waals surface area contributed by atoms with Crippen LogP contribution < -0.4 is 16.2 Å². The van der Waals surface area contributed by atoms with Crippen LogP contribution in [0, 0.1) is 10.1 Å². The molecule has 0 aliphatic heterocycles. The molecule has 0 atom stereocenters. The zero-order valence-corrected chi connectivity index (χ0v) is 18.0. The van der Waals surface area contributed by atoms with Crippen LogP contribution in [0.25, 0.3) is 16.7 Å². The predicted octanol–water partition coefficient (Wildman–Crippen LogP) is 1.74. The monoisotopic (exact) mass is 493 g/mol. The highest BCUT2D eigenvalue weighted by molar-refractivity contribution is 5.91. The summed E-state index contributed by atoms with van der Waals surface area (Å²) in [6.45, 7) is -0.0534. The number of H-pyrrole nitrogens is 1. The van der Waals surface area contributed by atoms with Crippen LogP contribution in [0.15, 0.2) is 53.7 Å². The number of aromatic carboxylic acids is 2. The Hall–Kier alpha value is -5.60. The molecule has 5 N–H and O–H groups in total. The van der Waals surface area contributed by atoms with Gasteiger partial charge in [0.1, 0.15) is 5.69 Å². The molecule has 0 saturated carbocycles. The number of carboxylic acid groups (broad SMARTS) is 2. The number of hydrogen-bond acceptors (Lipinski definition) is 8. The molecule has 2 aromatic heterocycles. The lowest BCUT2D eigenvalue weighted by Gasteiger charge is -2.07. The molecule has 0 unspecified atom stereocenters. The van der Waals surface area contributed by atoms with E-state index in [4.69, 9.17) is 10.2 Å². The molecule has 0 bridgehead atoms. The van der Waals surface area contributed by atoms with Crippen molar-refractivity contribution in [3.05, 3.63) is 86.3 Å². The minimum atomic E-state index is -1.55. The molecule has 15 heteroatoms. The number of aromatic nitrogens is 4. The van der Waals surface area contributed by atoms with Gasteiger partial charge in [0.25, 0.3) is 11.2 Å². The maximum atomic E-state index is 12.1. The highest BCUT2D eigenvalue weighted by Gasteiger charge is 2.21. The van der Waals surface area contributed by atoms with Gasteiger partial charge in [-0.3, -0.25) is 19.5 Å². The Morgan fingerprint density at radius 2 is 1.83 bits per heavy atom. The van der Waals surface area contributed by atoms with E-state index >= 15 is 0 Å². The van der Waals surface area contributed by atoms with E-state index in [1.807, 2.05) is 0 Å². The molecule has 182 valence electrons. The van der Waals surface area contributed by atoms with Crippen molar-refractivity contribution in [2.75, 3.05) is 5.32 Å². The second-order valence-electron chi connectivity index (χ2n) is 7.30. The smallest absolute Gasteiger partial charge is 0.360 e. The number of nitro benzene ring substituents is 1. The van der Waals surface area contributed by atoms with E-state index in [-0.39, 0.29) is 28.8 Å². The number of aromatic amines is 1. The average molecular weight is 493 g/mol. The molecular weight excluding hydrogens is 478 g/mol. The van der Waals surface area contributed by atoms with Crippen molar-refractivity contribution in [2.45, 2.75) is 6.54 Å². The van der Waals surface area contributed by atoms with Crippen LogP contribution in [0.1, 0.15) is 26.5 Å². The zero-order valence-electron chi connectivity index (χ0n) is 18.0. The first-order valence-corrected chi connectivity index (χ1v) is 9.99. The lowest BCUT2D eigenvalue weighted by atomic mass is 10.2. The number of carbonyl (C=O) groups excluding carboxylic acids is 1. The summed E-state index contributed by atoms with van der Waals surface area (Å²) in [4.78, 5) is 67.2. The number of hydrogen-bond donors (Lipinski definition) is 5. The summed E-state index contributed by atoms with van der Waals surface area (Å²) in [6, 6.07) is 7.22. The van der Waals surface area contributed by atoms with Crippen LogP contribution >= 0.6 is 0 Å². The molecule has 0 fully saturated rings. The molecule has 15 nitrogen and oxygen atoms in total. The number of carboxylic acids is 2. The van der Waals surface area contributed by atoms with Gasteiger partial charge in [0.05, 0.1) is 40.1 Å². The van der Waals surface area contributed by atoms with Crippen LogP contribution in [-0.2, 0) is 6.54 Å². The first-order valence-electron chi connectivity index (χ1n) is 9.99. The Balaban J connectivity index is 1.54. The third-order valence-electron chi connectivity index (χ3n) is 4.92. The van der Waals surface area contributed by atoms with Gasteiger partial charge in [-0.05, 0) is 30.3 Å².